The summed E-state index contributed by atoms with van der Waals surface area (Å²) in [5, 5.41) is 2.89. The van der Waals surface area contributed by atoms with Crippen molar-refractivity contribution < 1.29 is 14.3 Å². The van der Waals surface area contributed by atoms with Crippen molar-refractivity contribution in [1.82, 2.24) is 0 Å². The van der Waals surface area contributed by atoms with E-state index in [4.69, 9.17) is 16.2 Å². The van der Waals surface area contributed by atoms with Gasteiger partial charge in [-0.1, -0.05) is 12.1 Å². The lowest BCUT2D eigenvalue weighted by atomic mass is 9.79. The lowest BCUT2D eigenvalue weighted by molar-refractivity contribution is -0.130. The highest BCUT2D eigenvalue weighted by Crippen LogP contribution is 2.30. The number of rotatable bonds is 5. The highest BCUT2D eigenvalue weighted by molar-refractivity contribution is 5.95. The number of carbonyl (C=O) groups excluding carboxylic acids is 2. The zero-order valence-electron chi connectivity index (χ0n) is 11.9. The zero-order chi connectivity index (χ0) is 15.3. The van der Waals surface area contributed by atoms with E-state index in [-0.39, 0.29) is 18.2 Å². The summed E-state index contributed by atoms with van der Waals surface area (Å²) in [5.41, 5.74) is 11.9. The Morgan fingerprint density at radius 3 is 2.33 bits per heavy atom. The summed E-state index contributed by atoms with van der Waals surface area (Å²) in [6.07, 6.45) is 1.46. The number of primary amides is 1. The number of nitrogens with two attached hydrogens (primary N) is 2. The summed E-state index contributed by atoms with van der Waals surface area (Å²) in [4.78, 5) is 23.3. The summed E-state index contributed by atoms with van der Waals surface area (Å²) in [7, 11) is 0. The van der Waals surface area contributed by atoms with Crippen molar-refractivity contribution in [3.05, 3.63) is 29.8 Å². The topological polar surface area (TPSA) is 107 Å². The van der Waals surface area contributed by atoms with Crippen molar-refractivity contribution >= 4 is 17.5 Å². The highest BCUT2D eigenvalue weighted by atomic mass is 16.5. The van der Waals surface area contributed by atoms with Crippen molar-refractivity contribution in [1.29, 1.82) is 0 Å². The van der Waals surface area contributed by atoms with Crippen LogP contribution < -0.4 is 16.8 Å². The first-order valence-electron chi connectivity index (χ1n) is 7.02. The summed E-state index contributed by atoms with van der Waals surface area (Å²) in [6.45, 7) is 1.42. The van der Waals surface area contributed by atoms with Gasteiger partial charge in [-0.15, -0.1) is 0 Å². The molecule has 0 atom stereocenters. The fourth-order valence-corrected chi connectivity index (χ4v) is 2.46. The molecule has 0 saturated carbocycles. The Bertz CT molecular complexity index is 507. The minimum atomic E-state index is -0.551. The van der Waals surface area contributed by atoms with Crippen LogP contribution in [0.15, 0.2) is 24.3 Å². The number of ether oxygens (including phenoxy) is 1. The first-order chi connectivity index (χ1) is 10.1. The monoisotopic (exact) mass is 291 g/mol. The average Bonchev–Trinajstić information content (AvgIpc) is 2.49. The summed E-state index contributed by atoms with van der Waals surface area (Å²) >= 11 is 0. The largest absolute Gasteiger partial charge is 0.381 e. The maximum Gasteiger partial charge on any atom is 0.232 e. The lowest BCUT2D eigenvalue weighted by Gasteiger charge is -2.34. The molecule has 5 N–H and O–H groups in total. The molecule has 1 fully saturated rings. The van der Waals surface area contributed by atoms with Crippen LogP contribution in [0.2, 0.25) is 0 Å². The molecule has 1 aromatic rings. The maximum absolute atomic E-state index is 12.5. The predicted octanol–water partition coefficient (Wildman–Crippen LogP) is 0.408. The smallest absolute Gasteiger partial charge is 0.232 e. The molecule has 2 amide bonds. The van der Waals surface area contributed by atoms with Gasteiger partial charge in [0.2, 0.25) is 11.8 Å². The minimum absolute atomic E-state index is 0.0732. The number of hydrogen-bond acceptors (Lipinski definition) is 4. The van der Waals surface area contributed by atoms with E-state index in [9.17, 15) is 9.59 Å². The average molecular weight is 291 g/mol. The van der Waals surface area contributed by atoms with Crippen LogP contribution in [0.5, 0.6) is 0 Å². The van der Waals surface area contributed by atoms with Crippen molar-refractivity contribution in [3.63, 3.8) is 0 Å². The maximum atomic E-state index is 12.5. The van der Waals surface area contributed by atoms with Gasteiger partial charge >= 0.3 is 0 Å². The van der Waals surface area contributed by atoms with Gasteiger partial charge in [-0.2, -0.15) is 0 Å². The van der Waals surface area contributed by atoms with Crippen LogP contribution in [0, 0.1) is 5.41 Å². The van der Waals surface area contributed by atoms with Crippen LogP contribution in [0.1, 0.15) is 18.4 Å². The molecular weight excluding hydrogens is 270 g/mol. The molecule has 0 unspecified atom stereocenters. The normalized spacial score (nSPS) is 17.2. The predicted molar refractivity (Wildman–Crippen MR) is 79.5 cm³/mol. The Kier molecular flexibility index (Phi) is 4.93. The Hall–Kier alpha value is -1.92. The lowest BCUT2D eigenvalue weighted by Crippen LogP contribution is -2.46. The van der Waals surface area contributed by atoms with Crippen LogP contribution in [0.3, 0.4) is 0 Å². The molecule has 1 heterocycles. The van der Waals surface area contributed by atoms with Crippen molar-refractivity contribution in [2.24, 2.45) is 16.9 Å². The van der Waals surface area contributed by atoms with Gasteiger partial charge < -0.3 is 21.5 Å². The van der Waals surface area contributed by atoms with Crippen LogP contribution >= 0.6 is 0 Å². The van der Waals surface area contributed by atoms with Crippen LogP contribution in [-0.2, 0) is 20.7 Å². The molecular formula is C15H21N3O3. The Balaban J connectivity index is 2.03. The summed E-state index contributed by atoms with van der Waals surface area (Å²) < 4.78 is 5.30. The minimum Gasteiger partial charge on any atom is -0.381 e. The van der Waals surface area contributed by atoms with E-state index in [0.29, 0.717) is 38.3 Å². The van der Waals surface area contributed by atoms with E-state index in [0.717, 1.165) is 5.56 Å². The molecule has 114 valence electrons. The van der Waals surface area contributed by atoms with Crippen molar-refractivity contribution in [3.8, 4) is 0 Å². The van der Waals surface area contributed by atoms with Gasteiger partial charge in [-0.3, -0.25) is 9.59 Å². The molecule has 2 rings (SSSR count). The van der Waals surface area contributed by atoms with Gasteiger partial charge in [0.05, 0.1) is 11.8 Å². The molecule has 0 aliphatic carbocycles. The van der Waals surface area contributed by atoms with Crippen LogP contribution in [-0.4, -0.2) is 31.6 Å². The molecule has 0 bridgehead atoms. The summed E-state index contributed by atoms with van der Waals surface area (Å²) in [5.74, 6) is -0.452. The number of amides is 2. The second-order valence-corrected chi connectivity index (χ2v) is 5.39. The molecule has 1 aliphatic rings. The Morgan fingerprint density at radius 1 is 1.19 bits per heavy atom. The fraction of sp³-hybridized carbons (Fsp3) is 0.467. The quantitative estimate of drug-likeness (QED) is 0.730. The number of carbonyl (C=O) groups is 2. The Labute approximate surface area is 123 Å². The number of nitrogens with one attached hydrogen (secondary N) is 1. The first kappa shape index (κ1) is 15.5. The first-order valence-corrected chi connectivity index (χ1v) is 7.02. The van der Waals surface area contributed by atoms with Gasteiger partial charge in [0.25, 0.3) is 0 Å². The molecule has 1 saturated heterocycles. The third kappa shape index (κ3) is 3.80. The van der Waals surface area contributed by atoms with E-state index in [1.54, 1.807) is 24.3 Å². The second-order valence-electron chi connectivity index (χ2n) is 5.39. The molecule has 1 aliphatic heterocycles. The van der Waals surface area contributed by atoms with Gasteiger partial charge in [0, 0.05) is 25.4 Å². The van der Waals surface area contributed by atoms with Crippen molar-refractivity contribution in [2.45, 2.75) is 19.3 Å². The van der Waals surface area contributed by atoms with Crippen LogP contribution in [0.25, 0.3) is 0 Å². The van der Waals surface area contributed by atoms with E-state index >= 15 is 0 Å². The van der Waals surface area contributed by atoms with Crippen molar-refractivity contribution in [2.75, 3.05) is 25.1 Å². The molecule has 0 aromatic heterocycles. The molecule has 6 nitrogen and oxygen atoms in total. The SMILES string of the molecule is NCC1(C(=O)Nc2ccc(CC(N)=O)cc2)CCOCC1. The van der Waals surface area contributed by atoms with Gasteiger partial charge in [-0.05, 0) is 30.5 Å². The van der Waals surface area contributed by atoms with E-state index in [1.165, 1.54) is 0 Å². The number of hydrogen-bond donors (Lipinski definition) is 3. The molecule has 0 radical (unpaired) electrons. The number of anilines is 1. The molecule has 0 spiro atoms. The van der Waals surface area contributed by atoms with Gasteiger partial charge in [-0.25, -0.2) is 0 Å². The fourth-order valence-electron chi connectivity index (χ4n) is 2.46. The molecule has 6 heteroatoms. The third-order valence-corrected chi connectivity index (χ3v) is 3.91. The van der Waals surface area contributed by atoms with E-state index < -0.39 is 5.41 Å². The molecule has 1 aromatic carbocycles. The highest BCUT2D eigenvalue weighted by Gasteiger charge is 2.38. The van der Waals surface area contributed by atoms with E-state index in [1.807, 2.05) is 0 Å². The standard InChI is InChI=1S/C15H21N3O3/c16-10-15(5-7-21-8-6-15)14(20)18-12-3-1-11(2-4-12)9-13(17)19/h1-4H,5-10,16H2,(H2,17,19)(H,18,20). The van der Waals surface area contributed by atoms with E-state index in [2.05, 4.69) is 5.32 Å². The zero-order valence-corrected chi connectivity index (χ0v) is 11.9. The van der Waals surface area contributed by atoms with Crippen LogP contribution in [0.4, 0.5) is 5.69 Å². The molecule has 21 heavy (non-hydrogen) atoms. The third-order valence-electron chi connectivity index (χ3n) is 3.91. The Morgan fingerprint density at radius 2 is 1.81 bits per heavy atom. The van der Waals surface area contributed by atoms with Gasteiger partial charge in [0.15, 0.2) is 0 Å². The summed E-state index contributed by atoms with van der Waals surface area (Å²) in [6, 6.07) is 7.08. The number of benzene rings is 1. The van der Waals surface area contributed by atoms with Gasteiger partial charge in [0.1, 0.15) is 0 Å². The second kappa shape index (κ2) is 6.69.